The minimum absolute atomic E-state index is 0.112. The van der Waals surface area contributed by atoms with Gasteiger partial charge in [-0.2, -0.15) is 8.78 Å². The molecule has 0 atom stereocenters. The van der Waals surface area contributed by atoms with Gasteiger partial charge in [0.1, 0.15) is 6.61 Å². The molecule has 1 aromatic carbocycles. The maximum absolute atomic E-state index is 12.9. The fraction of sp³-hybridized carbons (Fsp3) is 0.111. The Balaban J connectivity index is 3.09. The van der Waals surface area contributed by atoms with Crippen molar-refractivity contribution in [3.63, 3.8) is 0 Å². The van der Waals surface area contributed by atoms with Gasteiger partial charge in [0, 0.05) is 10.5 Å². The van der Waals surface area contributed by atoms with Gasteiger partial charge < -0.3 is 4.74 Å². The first kappa shape index (κ1) is 12.0. The predicted molar refractivity (Wildman–Crippen MR) is 49.8 cm³/mol. The summed E-state index contributed by atoms with van der Waals surface area (Å²) in [6.45, 7) is 3.04. The molecule has 0 spiro atoms. The maximum Gasteiger partial charge on any atom is 0.203 e. The van der Waals surface area contributed by atoms with E-state index >= 15 is 0 Å². The fourth-order valence-electron chi connectivity index (χ4n) is 0.828. The number of hydrogen-bond acceptors (Lipinski definition) is 1. The van der Waals surface area contributed by atoms with Crippen LogP contribution in [0.3, 0.4) is 0 Å². The van der Waals surface area contributed by atoms with Crippen LogP contribution in [-0.4, -0.2) is 6.61 Å². The quantitative estimate of drug-likeness (QED) is 0.609. The van der Waals surface area contributed by atoms with Crippen LogP contribution in [-0.2, 0) is 0 Å². The molecular formula is C9H5BrF4O. The second-order valence-corrected chi connectivity index (χ2v) is 3.72. The predicted octanol–water partition coefficient (Wildman–Crippen LogP) is 3.53. The van der Waals surface area contributed by atoms with Crippen LogP contribution >= 0.6 is 15.9 Å². The van der Waals surface area contributed by atoms with Crippen molar-refractivity contribution in [1.29, 1.82) is 0 Å². The summed E-state index contributed by atoms with van der Waals surface area (Å²) in [4.78, 5) is 0. The average Bonchev–Trinajstić information content (AvgIpc) is 2.14. The molecule has 1 aromatic rings. The van der Waals surface area contributed by atoms with Crippen molar-refractivity contribution in [3.05, 3.63) is 40.4 Å². The molecule has 1 nitrogen and oxygen atoms in total. The molecule has 0 unspecified atom stereocenters. The summed E-state index contributed by atoms with van der Waals surface area (Å²) in [6, 6.07) is 0.112. The Hall–Kier alpha value is -1.04. The van der Waals surface area contributed by atoms with Gasteiger partial charge in [-0.1, -0.05) is 22.5 Å². The van der Waals surface area contributed by atoms with Crippen molar-refractivity contribution < 1.29 is 22.3 Å². The zero-order valence-electron chi connectivity index (χ0n) is 7.29. The molecule has 82 valence electrons. The number of benzene rings is 1. The number of hydrogen-bond donors (Lipinski definition) is 0. The highest BCUT2D eigenvalue weighted by atomic mass is 79.9. The molecule has 0 radical (unpaired) electrons. The van der Waals surface area contributed by atoms with E-state index in [0.717, 1.165) is 0 Å². The molecule has 0 heterocycles. The Morgan fingerprint density at radius 3 is 2.07 bits per heavy atom. The molecule has 0 aromatic heterocycles. The maximum atomic E-state index is 12.9. The van der Waals surface area contributed by atoms with Crippen LogP contribution in [0.1, 0.15) is 0 Å². The minimum Gasteiger partial charge on any atom is -0.482 e. The lowest BCUT2D eigenvalue weighted by atomic mass is 10.3. The van der Waals surface area contributed by atoms with E-state index in [4.69, 9.17) is 0 Å². The van der Waals surface area contributed by atoms with Crippen molar-refractivity contribution in [2.45, 2.75) is 0 Å². The van der Waals surface area contributed by atoms with Crippen LogP contribution in [0.25, 0.3) is 0 Å². The Kier molecular flexibility index (Phi) is 3.73. The molecule has 0 aliphatic rings. The van der Waals surface area contributed by atoms with Crippen molar-refractivity contribution in [1.82, 2.24) is 0 Å². The van der Waals surface area contributed by atoms with E-state index in [1.54, 1.807) is 0 Å². The average molecular weight is 285 g/mol. The topological polar surface area (TPSA) is 9.23 Å². The third-order valence-electron chi connectivity index (χ3n) is 1.44. The Bertz CT molecular complexity index is 379. The van der Waals surface area contributed by atoms with Gasteiger partial charge in [0.2, 0.25) is 11.6 Å². The summed E-state index contributed by atoms with van der Waals surface area (Å²) in [7, 11) is 0. The Morgan fingerprint density at radius 1 is 1.20 bits per heavy atom. The van der Waals surface area contributed by atoms with Gasteiger partial charge in [-0.25, -0.2) is 8.78 Å². The highest BCUT2D eigenvalue weighted by molar-refractivity contribution is 9.11. The monoisotopic (exact) mass is 284 g/mol. The van der Waals surface area contributed by atoms with Crippen molar-refractivity contribution in [3.8, 4) is 5.75 Å². The van der Waals surface area contributed by atoms with E-state index in [9.17, 15) is 17.6 Å². The standard InChI is InChI=1S/C9H5BrF4O/c1-4(10)3-15-9-7(13)5(11)2-6(12)8(9)14/h2H,1,3H2. The number of rotatable bonds is 3. The van der Waals surface area contributed by atoms with Crippen LogP contribution in [0, 0.1) is 23.3 Å². The Morgan fingerprint density at radius 2 is 1.67 bits per heavy atom. The van der Waals surface area contributed by atoms with Crippen LogP contribution in [0.5, 0.6) is 5.75 Å². The van der Waals surface area contributed by atoms with E-state index in [1.807, 2.05) is 0 Å². The molecule has 6 heteroatoms. The lowest BCUT2D eigenvalue weighted by molar-refractivity contribution is 0.300. The molecule has 0 aliphatic carbocycles. The van der Waals surface area contributed by atoms with Gasteiger partial charge in [-0.15, -0.1) is 0 Å². The molecule has 0 saturated carbocycles. The van der Waals surface area contributed by atoms with Gasteiger partial charge in [0.15, 0.2) is 17.4 Å². The van der Waals surface area contributed by atoms with Crippen LogP contribution < -0.4 is 4.74 Å². The zero-order chi connectivity index (χ0) is 11.6. The number of halogens is 5. The van der Waals surface area contributed by atoms with Gasteiger partial charge in [-0.3, -0.25) is 0 Å². The summed E-state index contributed by atoms with van der Waals surface area (Å²) in [5.41, 5.74) is 0. The molecule has 0 N–H and O–H groups in total. The SMILES string of the molecule is C=C(Br)COc1c(F)c(F)cc(F)c1F. The van der Waals surface area contributed by atoms with E-state index < -0.39 is 29.0 Å². The van der Waals surface area contributed by atoms with E-state index in [0.29, 0.717) is 0 Å². The summed E-state index contributed by atoms with van der Waals surface area (Å²) in [6.07, 6.45) is 0. The molecule has 0 bridgehead atoms. The fourth-order valence-corrected chi connectivity index (χ4v) is 0.943. The van der Waals surface area contributed by atoms with Crippen LogP contribution in [0.15, 0.2) is 17.1 Å². The molecule has 0 fully saturated rings. The van der Waals surface area contributed by atoms with Gasteiger partial charge in [-0.05, 0) is 0 Å². The largest absolute Gasteiger partial charge is 0.482 e. The first-order valence-electron chi connectivity index (χ1n) is 3.72. The Labute approximate surface area is 91.5 Å². The third kappa shape index (κ3) is 2.71. The summed E-state index contributed by atoms with van der Waals surface area (Å²) < 4.78 is 56.0. The van der Waals surface area contributed by atoms with Crippen LogP contribution in [0.2, 0.25) is 0 Å². The number of ether oxygens (including phenoxy) is 1. The lowest BCUT2D eigenvalue weighted by Crippen LogP contribution is -2.04. The van der Waals surface area contributed by atoms with E-state index in [2.05, 4.69) is 27.2 Å². The highest BCUT2D eigenvalue weighted by Crippen LogP contribution is 2.26. The molecule has 15 heavy (non-hydrogen) atoms. The lowest BCUT2D eigenvalue weighted by Gasteiger charge is -2.08. The van der Waals surface area contributed by atoms with Crippen LogP contribution in [0.4, 0.5) is 17.6 Å². The van der Waals surface area contributed by atoms with Crippen molar-refractivity contribution >= 4 is 15.9 Å². The highest BCUT2D eigenvalue weighted by Gasteiger charge is 2.20. The molecule has 0 amide bonds. The van der Waals surface area contributed by atoms with Gasteiger partial charge in [0.05, 0.1) is 0 Å². The normalized spacial score (nSPS) is 10.2. The van der Waals surface area contributed by atoms with E-state index in [1.165, 1.54) is 0 Å². The molecule has 0 saturated heterocycles. The summed E-state index contributed by atoms with van der Waals surface area (Å²) in [5.74, 6) is -7.24. The second kappa shape index (κ2) is 4.65. The third-order valence-corrected chi connectivity index (χ3v) is 1.67. The smallest absolute Gasteiger partial charge is 0.203 e. The minimum atomic E-state index is -1.57. The van der Waals surface area contributed by atoms with Gasteiger partial charge >= 0.3 is 0 Å². The van der Waals surface area contributed by atoms with Gasteiger partial charge in [0.25, 0.3) is 0 Å². The van der Waals surface area contributed by atoms with Crippen molar-refractivity contribution in [2.24, 2.45) is 0 Å². The van der Waals surface area contributed by atoms with Crippen molar-refractivity contribution in [2.75, 3.05) is 6.61 Å². The molecule has 0 aliphatic heterocycles. The van der Waals surface area contributed by atoms with E-state index in [-0.39, 0.29) is 17.2 Å². The first-order chi connectivity index (χ1) is 6.93. The second-order valence-electron chi connectivity index (χ2n) is 2.60. The molecule has 1 rings (SSSR count). The zero-order valence-corrected chi connectivity index (χ0v) is 8.88. The molecular weight excluding hydrogens is 280 g/mol. The summed E-state index contributed by atoms with van der Waals surface area (Å²) >= 11 is 2.87. The first-order valence-corrected chi connectivity index (χ1v) is 4.52. The summed E-state index contributed by atoms with van der Waals surface area (Å²) in [5, 5.41) is 0.